The van der Waals surface area contributed by atoms with Crippen molar-refractivity contribution in [2.75, 3.05) is 17.9 Å². The van der Waals surface area contributed by atoms with E-state index in [1.54, 1.807) is 30.1 Å². The molecule has 1 heterocycles. The van der Waals surface area contributed by atoms with Crippen molar-refractivity contribution in [3.63, 3.8) is 0 Å². The van der Waals surface area contributed by atoms with Crippen molar-refractivity contribution in [3.05, 3.63) is 71.8 Å². The van der Waals surface area contributed by atoms with Gasteiger partial charge in [-0.05, 0) is 42.8 Å². The lowest BCUT2D eigenvalue weighted by atomic mass is 10.1. The molecule has 184 valence electrons. The van der Waals surface area contributed by atoms with Crippen LogP contribution in [0.4, 0.5) is 5.69 Å². The first-order valence-corrected chi connectivity index (χ1v) is 13.3. The molecule has 3 aromatic rings. The Labute approximate surface area is 206 Å². The highest BCUT2D eigenvalue weighted by atomic mass is 32.2. The third-order valence-electron chi connectivity index (χ3n) is 6.54. The number of hydrogen-bond acceptors (Lipinski definition) is 4. The van der Waals surface area contributed by atoms with Gasteiger partial charge in [-0.3, -0.25) is 13.9 Å². The van der Waals surface area contributed by atoms with Gasteiger partial charge in [0, 0.05) is 31.9 Å². The van der Waals surface area contributed by atoms with E-state index in [2.05, 4.69) is 5.32 Å². The smallest absolute Gasteiger partial charge is 0.265 e. The second-order valence-electron chi connectivity index (χ2n) is 8.86. The number of aryl methyl sites for hydroxylation is 1. The van der Waals surface area contributed by atoms with E-state index in [0.29, 0.717) is 30.0 Å². The Morgan fingerprint density at radius 2 is 1.71 bits per heavy atom. The number of sulfonamides is 1. The molecule has 0 saturated heterocycles. The lowest BCUT2D eigenvalue weighted by Crippen LogP contribution is -2.48. The van der Waals surface area contributed by atoms with Crippen LogP contribution in [0, 0.1) is 6.92 Å². The minimum Gasteiger partial charge on any atom is -0.357 e. The van der Waals surface area contributed by atoms with Gasteiger partial charge in [0.25, 0.3) is 10.0 Å². The summed E-state index contributed by atoms with van der Waals surface area (Å²) in [6.07, 6.45) is 0.962. The molecule has 1 atom stereocenters. The quantitative estimate of drug-likeness (QED) is 0.488. The number of nitrogens with zero attached hydrogens (tertiary/aromatic N) is 2. The molecular weight excluding hydrogens is 462 g/mol. The fourth-order valence-electron chi connectivity index (χ4n) is 4.69. The zero-order valence-electron chi connectivity index (χ0n) is 20.3. The van der Waals surface area contributed by atoms with Crippen molar-refractivity contribution in [3.8, 4) is 0 Å². The Balaban J connectivity index is 1.51. The summed E-state index contributed by atoms with van der Waals surface area (Å²) in [6.45, 7) is 4.39. The molecule has 1 aliphatic heterocycles. The van der Waals surface area contributed by atoms with Crippen LogP contribution in [0.25, 0.3) is 10.8 Å². The number of nitrogens with one attached hydrogen (secondary N) is 1. The van der Waals surface area contributed by atoms with Crippen LogP contribution in [0.3, 0.4) is 0 Å². The number of benzene rings is 3. The highest BCUT2D eigenvalue weighted by Crippen LogP contribution is 2.42. The summed E-state index contributed by atoms with van der Waals surface area (Å²) in [6, 6.07) is 18.1. The number of anilines is 1. The predicted octanol–water partition coefficient (Wildman–Crippen LogP) is 3.99. The minimum absolute atomic E-state index is 0.137. The molecule has 35 heavy (non-hydrogen) atoms. The molecule has 2 amide bonds. The number of amides is 2. The van der Waals surface area contributed by atoms with E-state index in [-0.39, 0.29) is 24.8 Å². The summed E-state index contributed by atoms with van der Waals surface area (Å²) in [7, 11) is -2.10. The van der Waals surface area contributed by atoms with Crippen LogP contribution in [0.1, 0.15) is 37.3 Å². The van der Waals surface area contributed by atoms with E-state index < -0.39 is 16.1 Å². The molecular formula is C27H31N3O4S. The Morgan fingerprint density at radius 3 is 2.37 bits per heavy atom. The van der Waals surface area contributed by atoms with Gasteiger partial charge >= 0.3 is 0 Å². The van der Waals surface area contributed by atoms with Gasteiger partial charge in [0.05, 0.1) is 10.6 Å². The monoisotopic (exact) mass is 493 g/mol. The fraction of sp³-hybridized carbons (Fsp3) is 0.333. The van der Waals surface area contributed by atoms with E-state index in [4.69, 9.17) is 0 Å². The van der Waals surface area contributed by atoms with E-state index in [1.165, 1.54) is 4.31 Å². The van der Waals surface area contributed by atoms with Crippen molar-refractivity contribution in [2.45, 2.75) is 50.6 Å². The summed E-state index contributed by atoms with van der Waals surface area (Å²) in [5, 5.41) is 4.27. The average Bonchev–Trinajstić information content (AvgIpc) is 3.08. The van der Waals surface area contributed by atoms with Crippen LogP contribution in [0.5, 0.6) is 0 Å². The standard InChI is InChI=1S/C27H31N3O4S/c1-4-22(27(32)28-3)29(18-20-15-13-19(2)14-16-20)25(31)12-7-17-30-23-10-5-8-21-9-6-11-24(26(21)23)35(30,33)34/h5-6,8-11,13-16,22H,4,7,12,17-18H2,1-3H3,(H,28,32)/t22-/m1/s1. The van der Waals surface area contributed by atoms with Crippen LogP contribution in [-0.2, 0) is 26.2 Å². The van der Waals surface area contributed by atoms with Gasteiger partial charge in [-0.15, -0.1) is 0 Å². The Kier molecular flexibility index (Phi) is 7.12. The van der Waals surface area contributed by atoms with E-state index in [9.17, 15) is 18.0 Å². The molecule has 0 unspecified atom stereocenters. The second-order valence-corrected chi connectivity index (χ2v) is 10.7. The maximum Gasteiger partial charge on any atom is 0.265 e. The molecule has 0 radical (unpaired) electrons. The third kappa shape index (κ3) is 4.75. The van der Waals surface area contributed by atoms with Crippen LogP contribution >= 0.6 is 0 Å². The minimum atomic E-state index is -3.66. The number of hydrogen-bond donors (Lipinski definition) is 1. The van der Waals surface area contributed by atoms with Gasteiger partial charge in [0.2, 0.25) is 11.8 Å². The normalized spacial score (nSPS) is 14.7. The molecule has 0 bridgehead atoms. The molecule has 0 aromatic heterocycles. The molecule has 8 heteroatoms. The Morgan fingerprint density at radius 1 is 1.03 bits per heavy atom. The van der Waals surface area contributed by atoms with Crippen LogP contribution in [0.2, 0.25) is 0 Å². The van der Waals surface area contributed by atoms with E-state index in [1.807, 2.05) is 56.3 Å². The van der Waals surface area contributed by atoms with Gasteiger partial charge in [0.1, 0.15) is 6.04 Å². The Bertz CT molecular complexity index is 1350. The third-order valence-corrected chi connectivity index (χ3v) is 8.39. The number of carbonyl (C=O) groups is 2. The second kappa shape index (κ2) is 10.1. The molecule has 1 N–H and O–H groups in total. The number of carbonyl (C=O) groups excluding carboxylic acids is 2. The first-order chi connectivity index (χ1) is 16.8. The van der Waals surface area contributed by atoms with Crippen LogP contribution in [-0.4, -0.2) is 44.8 Å². The summed E-state index contributed by atoms with van der Waals surface area (Å²) in [5.41, 5.74) is 2.71. The van der Waals surface area contributed by atoms with Gasteiger partial charge in [-0.2, -0.15) is 0 Å². The highest BCUT2D eigenvalue weighted by molar-refractivity contribution is 7.93. The van der Waals surface area contributed by atoms with Gasteiger partial charge in [-0.1, -0.05) is 61.0 Å². The zero-order chi connectivity index (χ0) is 25.2. The van der Waals surface area contributed by atoms with E-state index >= 15 is 0 Å². The lowest BCUT2D eigenvalue weighted by Gasteiger charge is -2.30. The lowest BCUT2D eigenvalue weighted by molar-refractivity contribution is -0.141. The van der Waals surface area contributed by atoms with Crippen molar-refractivity contribution in [1.29, 1.82) is 0 Å². The number of rotatable bonds is 9. The molecule has 0 saturated carbocycles. The topological polar surface area (TPSA) is 86.8 Å². The molecule has 7 nitrogen and oxygen atoms in total. The summed E-state index contributed by atoms with van der Waals surface area (Å²) in [5.74, 6) is -0.384. The van der Waals surface area contributed by atoms with Crippen molar-refractivity contribution in [1.82, 2.24) is 10.2 Å². The Hall–Kier alpha value is -3.39. The molecule has 0 spiro atoms. The molecule has 4 rings (SSSR count). The molecule has 3 aromatic carbocycles. The number of likely N-dealkylation sites (N-methyl/N-ethyl adjacent to an activating group) is 1. The molecule has 0 fully saturated rings. The molecule has 1 aliphatic rings. The van der Waals surface area contributed by atoms with Crippen molar-refractivity contribution in [2.24, 2.45) is 0 Å². The van der Waals surface area contributed by atoms with Crippen LogP contribution in [0.15, 0.2) is 65.6 Å². The van der Waals surface area contributed by atoms with Crippen LogP contribution < -0.4 is 9.62 Å². The van der Waals surface area contributed by atoms with Crippen molar-refractivity contribution < 1.29 is 18.0 Å². The maximum atomic E-state index is 13.4. The first kappa shape index (κ1) is 24.7. The predicted molar refractivity (Wildman–Crippen MR) is 138 cm³/mol. The van der Waals surface area contributed by atoms with Crippen molar-refractivity contribution >= 4 is 38.3 Å². The first-order valence-electron chi connectivity index (χ1n) is 11.9. The summed E-state index contributed by atoms with van der Waals surface area (Å²) >= 11 is 0. The van der Waals surface area contributed by atoms with Gasteiger partial charge < -0.3 is 10.2 Å². The summed E-state index contributed by atoms with van der Waals surface area (Å²) in [4.78, 5) is 27.8. The zero-order valence-corrected chi connectivity index (χ0v) is 21.1. The van der Waals surface area contributed by atoms with E-state index in [0.717, 1.165) is 21.9 Å². The average molecular weight is 494 g/mol. The maximum absolute atomic E-state index is 13.4. The SMILES string of the molecule is CC[C@H](C(=O)NC)N(Cc1ccc(C)cc1)C(=O)CCCN1c2cccc3cccc(c23)S1(=O)=O. The largest absolute Gasteiger partial charge is 0.357 e. The fourth-order valence-corrected chi connectivity index (χ4v) is 6.44. The highest BCUT2D eigenvalue weighted by Gasteiger charge is 2.35. The van der Waals surface area contributed by atoms with Gasteiger partial charge in [0.15, 0.2) is 0 Å². The van der Waals surface area contributed by atoms with Gasteiger partial charge in [-0.25, -0.2) is 8.42 Å². The molecule has 0 aliphatic carbocycles. The summed E-state index contributed by atoms with van der Waals surface area (Å²) < 4.78 is 27.8.